The second kappa shape index (κ2) is 5.66. The molecule has 0 heterocycles. The minimum absolute atomic E-state index is 0.185. The van der Waals surface area contributed by atoms with Gasteiger partial charge in [-0.25, -0.2) is 0 Å². The van der Waals surface area contributed by atoms with Gasteiger partial charge in [0.1, 0.15) is 0 Å². The molecule has 2 nitrogen and oxygen atoms in total. The Kier molecular flexibility index (Phi) is 4.96. The van der Waals surface area contributed by atoms with Crippen LogP contribution in [0.1, 0.15) is 20.8 Å². The number of nitrogens with one attached hydrogen (secondary N) is 1. The standard InChI is InChI=1S/C12H16Cl3NO/c1-12(2,3)11(17)6-16-10-5-8(14)7(13)4-9(10)15/h4-5,11,16-17H,6H2,1-3H3. The topological polar surface area (TPSA) is 32.3 Å². The van der Waals surface area contributed by atoms with Crippen molar-refractivity contribution < 1.29 is 5.11 Å². The van der Waals surface area contributed by atoms with E-state index in [1.165, 1.54) is 0 Å². The number of anilines is 1. The molecule has 0 radical (unpaired) electrons. The Morgan fingerprint density at radius 3 is 2.18 bits per heavy atom. The number of hydrogen-bond donors (Lipinski definition) is 2. The Bertz CT molecular complexity index is 401. The van der Waals surface area contributed by atoms with Crippen LogP contribution in [0.3, 0.4) is 0 Å². The summed E-state index contributed by atoms with van der Waals surface area (Å²) in [5.74, 6) is 0. The molecule has 0 saturated heterocycles. The fourth-order valence-electron chi connectivity index (χ4n) is 1.17. The maximum Gasteiger partial charge on any atom is 0.0760 e. The lowest BCUT2D eigenvalue weighted by molar-refractivity contribution is 0.0746. The van der Waals surface area contributed by atoms with Crippen LogP contribution in [-0.2, 0) is 0 Å². The zero-order valence-corrected chi connectivity index (χ0v) is 12.3. The fourth-order valence-corrected chi connectivity index (χ4v) is 1.78. The van der Waals surface area contributed by atoms with Crippen molar-refractivity contribution in [1.82, 2.24) is 0 Å². The summed E-state index contributed by atoms with van der Waals surface area (Å²) in [6.45, 7) is 6.31. The van der Waals surface area contributed by atoms with E-state index < -0.39 is 6.10 Å². The molecule has 0 spiro atoms. The summed E-state index contributed by atoms with van der Waals surface area (Å²) < 4.78 is 0. The van der Waals surface area contributed by atoms with Gasteiger partial charge in [-0.05, 0) is 17.5 Å². The van der Waals surface area contributed by atoms with Gasteiger partial charge in [-0.2, -0.15) is 0 Å². The maximum atomic E-state index is 9.90. The van der Waals surface area contributed by atoms with E-state index >= 15 is 0 Å². The molecule has 0 fully saturated rings. The quantitative estimate of drug-likeness (QED) is 0.807. The van der Waals surface area contributed by atoms with Gasteiger partial charge in [-0.15, -0.1) is 0 Å². The van der Waals surface area contributed by atoms with Crippen molar-refractivity contribution in [2.24, 2.45) is 5.41 Å². The molecule has 0 aliphatic rings. The summed E-state index contributed by atoms with van der Waals surface area (Å²) in [7, 11) is 0. The monoisotopic (exact) mass is 295 g/mol. The lowest BCUT2D eigenvalue weighted by atomic mass is 9.89. The number of benzene rings is 1. The van der Waals surface area contributed by atoms with Gasteiger partial charge in [0.25, 0.3) is 0 Å². The highest BCUT2D eigenvalue weighted by Gasteiger charge is 2.21. The van der Waals surface area contributed by atoms with Gasteiger partial charge in [0.2, 0.25) is 0 Å². The number of rotatable bonds is 3. The third-order valence-electron chi connectivity index (χ3n) is 2.50. The third kappa shape index (κ3) is 4.22. The molecule has 1 rings (SSSR count). The Balaban J connectivity index is 2.73. The van der Waals surface area contributed by atoms with Crippen molar-refractivity contribution in [3.05, 3.63) is 27.2 Å². The summed E-state index contributed by atoms with van der Waals surface area (Å²) in [5.41, 5.74) is 0.486. The molecule has 0 amide bonds. The van der Waals surface area contributed by atoms with Crippen LogP contribution < -0.4 is 5.32 Å². The van der Waals surface area contributed by atoms with E-state index in [0.717, 1.165) is 0 Å². The summed E-state index contributed by atoms with van der Waals surface area (Å²) in [4.78, 5) is 0. The van der Waals surface area contributed by atoms with Crippen LogP contribution in [0, 0.1) is 5.41 Å². The van der Waals surface area contributed by atoms with Crippen LogP contribution in [-0.4, -0.2) is 17.8 Å². The lowest BCUT2D eigenvalue weighted by Gasteiger charge is -2.26. The van der Waals surface area contributed by atoms with Crippen molar-refractivity contribution in [2.45, 2.75) is 26.9 Å². The van der Waals surface area contributed by atoms with E-state index in [0.29, 0.717) is 27.3 Å². The number of aliphatic hydroxyl groups excluding tert-OH is 1. The molecule has 17 heavy (non-hydrogen) atoms. The Morgan fingerprint density at radius 2 is 1.65 bits per heavy atom. The van der Waals surface area contributed by atoms with Crippen molar-refractivity contribution >= 4 is 40.5 Å². The molecule has 1 atom stereocenters. The van der Waals surface area contributed by atoms with E-state index in [-0.39, 0.29) is 5.41 Å². The van der Waals surface area contributed by atoms with Crippen molar-refractivity contribution in [3.63, 3.8) is 0 Å². The highest BCUT2D eigenvalue weighted by molar-refractivity contribution is 6.44. The van der Waals surface area contributed by atoms with E-state index in [4.69, 9.17) is 34.8 Å². The number of hydrogen-bond acceptors (Lipinski definition) is 2. The van der Waals surface area contributed by atoms with E-state index in [9.17, 15) is 5.11 Å². The lowest BCUT2D eigenvalue weighted by Crippen LogP contribution is -2.32. The van der Waals surface area contributed by atoms with Gasteiger partial charge < -0.3 is 10.4 Å². The predicted octanol–water partition coefficient (Wildman–Crippen LogP) is 4.47. The predicted molar refractivity (Wildman–Crippen MR) is 75.4 cm³/mol. The van der Waals surface area contributed by atoms with Gasteiger partial charge in [-0.3, -0.25) is 0 Å². The first-order valence-electron chi connectivity index (χ1n) is 5.28. The zero-order valence-electron chi connectivity index (χ0n) is 10.0. The molecule has 96 valence electrons. The first-order valence-corrected chi connectivity index (χ1v) is 6.41. The molecule has 0 bridgehead atoms. The summed E-state index contributed by atoms with van der Waals surface area (Å²) >= 11 is 17.7. The molecule has 5 heteroatoms. The maximum absolute atomic E-state index is 9.90. The van der Waals surface area contributed by atoms with Crippen molar-refractivity contribution in [3.8, 4) is 0 Å². The molecule has 1 aromatic carbocycles. The molecular formula is C12H16Cl3NO. The molecule has 0 aliphatic carbocycles. The largest absolute Gasteiger partial charge is 0.391 e. The van der Waals surface area contributed by atoms with Gasteiger partial charge in [0.15, 0.2) is 0 Å². The van der Waals surface area contributed by atoms with Gasteiger partial charge in [0, 0.05) is 6.54 Å². The summed E-state index contributed by atoms with van der Waals surface area (Å²) in [6.07, 6.45) is -0.479. The van der Waals surface area contributed by atoms with Gasteiger partial charge in [-0.1, -0.05) is 55.6 Å². The van der Waals surface area contributed by atoms with Crippen LogP contribution in [0.25, 0.3) is 0 Å². The smallest absolute Gasteiger partial charge is 0.0760 e. The SMILES string of the molecule is CC(C)(C)C(O)CNc1cc(Cl)c(Cl)cc1Cl. The average molecular weight is 297 g/mol. The van der Waals surface area contributed by atoms with E-state index in [1.807, 2.05) is 20.8 Å². The number of aliphatic hydroxyl groups is 1. The Labute approximate surface area is 117 Å². The number of halogens is 3. The molecule has 1 unspecified atom stereocenters. The zero-order chi connectivity index (χ0) is 13.2. The van der Waals surface area contributed by atoms with Crippen LogP contribution in [0.15, 0.2) is 12.1 Å². The van der Waals surface area contributed by atoms with E-state index in [2.05, 4.69) is 5.32 Å². The van der Waals surface area contributed by atoms with Gasteiger partial charge in [0.05, 0.1) is 26.9 Å². The van der Waals surface area contributed by atoms with E-state index in [1.54, 1.807) is 12.1 Å². The van der Waals surface area contributed by atoms with Crippen molar-refractivity contribution in [2.75, 3.05) is 11.9 Å². The Hall–Kier alpha value is -0.150. The highest BCUT2D eigenvalue weighted by Crippen LogP contribution is 2.32. The minimum Gasteiger partial charge on any atom is -0.391 e. The summed E-state index contributed by atoms with van der Waals surface area (Å²) in [6, 6.07) is 3.23. The van der Waals surface area contributed by atoms with Crippen LogP contribution in [0.2, 0.25) is 15.1 Å². The van der Waals surface area contributed by atoms with Crippen molar-refractivity contribution in [1.29, 1.82) is 0 Å². The second-order valence-electron chi connectivity index (χ2n) is 5.01. The van der Waals surface area contributed by atoms with Crippen LogP contribution >= 0.6 is 34.8 Å². The Morgan fingerprint density at radius 1 is 1.12 bits per heavy atom. The second-order valence-corrected chi connectivity index (χ2v) is 6.23. The first-order chi connectivity index (χ1) is 7.71. The van der Waals surface area contributed by atoms with Gasteiger partial charge >= 0.3 is 0 Å². The molecule has 0 aromatic heterocycles. The normalized spacial score (nSPS) is 13.6. The molecule has 0 aliphatic heterocycles. The first kappa shape index (κ1) is 14.9. The molecular weight excluding hydrogens is 280 g/mol. The fraction of sp³-hybridized carbons (Fsp3) is 0.500. The summed E-state index contributed by atoms with van der Waals surface area (Å²) in [5, 5.41) is 14.3. The minimum atomic E-state index is -0.479. The molecule has 2 N–H and O–H groups in total. The molecule has 1 aromatic rings. The highest BCUT2D eigenvalue weighted by atomic mass is 35.5. The third-order valence-corrected chi connectivity index (χ3v) is 3.53. The van der Waals surface area contributed by atoms with Crippen LogP contribution in [0.5, 0.6) is 0 Å². The molecule has 0 saturated carbocycles. The average Bonchev–Trinajstić information content (AvgIpc) is 2.19. The van der Waals surface area contributed by atoms with Crippen LogP contribution in [0.4, 0.5) is 5.69 Å².